The number of nitrogens with zero attached hydrogens (tertiary/aromatic N) is 2. The molecule has 4 aliphatic rings. The molecule has 0 N–H and O–H groups in total. The predicted octanol–water partition coefficient (Wildman–Crippen LogP) is 4.83. The van der Waals surface area contributed by atoms with Crippen molar-refractivity contribution in [3.05, 3.63) is 36.5 Å². The lowest BCUT2D eigenvalue weighted by Gasteiger charge is -2.31. The lowest BCUT2D eigenvalue weighted by molar-refractivity contribution is 0.0418. The number of fused-ring (bicyclic) bond motifs is 2. The monoisotopic (exact) mass is 404 g/mol. The maximum absolute atomic E-state index is 5.59. The Morgan fingerprint density at radius 2 is 1.21 bits per heavy atom. The third-order valence-electron chi connectivity index (χ3n) is 6.54. The normalized spacial score (nSPS) is 27.9. The summed E-state index contributed by atoms with van der Waals surface area (Å²) >= 11 is 0. The summed E-state index contributed by atoms with van der Waals surface area (Å²) in [4.78, 5) is 5.04. The van der Waals surface area contributed by atoms with Gasteiger partial charge in [0.1, 0.15) is 0 Å². The molecule has 4 rings (SSSR count). The highest BCUT2D eigenvalue weighted by molar-refractivity contribution is 5.26. The first-order valence-electron chi connectivity index (χ1n) is 11.6. The van der Waals surface area contributed by atoms with Crippen molar-refractivity contribution >= 4 is 0 Å². The fraction of sp³-hybridized carbons (Fsp3) is 0.760. The Balaban J connectivity index is 0.000000191. The molecule has 4 heteroatoms. The third-order valence-corrected chi connectivity index (χ3v) is 6.54. The summed E-state index contributed by atoms with van der Waals surface area (Å²) < 4.78 is 11.2. The minimum atomic E-state index is 0.212. The molecule has 0 spiro atoms. The largest absolute Gasteiger partial charge is 0.380 e. The van der Waals surface area contributed by atoms with Crippen LogP contribution < -0.4 is 0 Å². The zero-order chi connectivity index (χ0) is 21.5. The van der Waals surface area contributed by atoms with E-state index in [1.54, 1.807) is 0 Å². The molecule has 4 nitrogen and oxygen atoms in total. The molecular weight excluding hydrogens is 360 g/mol. The van der Waals surface area contributed by atoms with Gasteiger partial charge in [-0.25, -0.2) is 0 Å². The van der Waals surface area contributed by atoms with Crippen LogP contribution in [0, 0.1) is 0 Å². The minimum absolute atomic E-state index is 0.212. The van der Waals surface area contributed by atoms with Crippen molar-refractivity contribution in [1.29, 1.82) is 0 Å². The van der Waals surface area contributed by atoms with Crippen molar-refractivity contribution in [3.8, 4) is 0 Å². The average Bonchev–Trinajstić information content (AvgIpc) is 3.37. The van der Waals surface area contributed by atoms with Gasteiger partial charge >= 0.3 is 0 Å². The van der Waals surface area contributed by atoms with E-state index >= 15 is 0 Å². The van der Waals surface area contributed by atoms with Crippen molar-refractivity contribution in [1.82, 2.24) is 9.80 Å². The smallest absolute Gasteiger partial charge is 0.0656 e. The van der Waals surface area contributed by atoms with E-state index in [1.807, 2.05) is 13.8 Å². The molecule has 1 unspecified atom stereocenters. The van der Waals surface area contributed by atoms with Gasteiger partial charge in [0.2, 0.25) is 0 Å². The summed E-state index contributed by atoms with van der Waals surface area (Å²) in [5, 5.41) is 0. The van der Waals surface area contributed by atoms with E-state index in [4.69, 9.17) is 9.47 Å². The van der Waals surface area contributed by atoms with E-state index in [-0.39, 0.29) is 5.54 Å². The summed E-state index contributed by atoms with van der Waals surface area (Å²) in [5.74, 6) is 0. The van der Waals surface area contributed by atoms with Crippen molar-refractivity contribution in [2.75, 3.05) is 52.6 Å². The van der Waals surface area contributed by atoms with Crippen LogP contribution in [0.25, 0.3) is 0 Å². The zero-order valence-electron chi connectivity index (χ0n) is 19.5. The molecule has 4 saturated heterocycles. The third kappa shape index (κ3) is 5.61. The summed E-state index contributed by atoms with van der Waals surface area (Å²) in [5.41, 5.74) is 4.63. The molecule has 0 aromatic heterocycles. The van der Waals surface area contributed by atoms with E-state index in [2.05, 4.69) is 43.4 Å². The second-order valence-electron chi connectivity index (χ2n) is 8.88. The minimum Gasteiger partial charge on any atom is -0.380 e. The highest BCUT2D eigenvalue weighted by Crippen LogP contribution is 2.42. The van der Waals surface area contributed by atoms with E-state index in [9.17, 15) is 0 Å². The molecule has 0 aliphatic carbocycles. The van der Waals surface area contributed by atoms with Gasteiger partial charge in [-0.3, -0.25) is 9.80 Å². The van der Waals surface area contributed by atoms with Crippen LogP contribution in [0.1, 0.15) is 59.8 Å². The highest BCUT2D eigenvalue weighted by atomic mass is 16.5. The number of rotatable bonds is 6. The zero-order valence-corrected chi connectivity index (χ0v) is 19.5. The van der Waals surface area contributed by atoms with Gasteiger partial charge in [0.15, 0.2) is 0 Å². The van der Waals surface area contributed by atoms with Crippen molar-refractivity contribution in [2.45, 2.75) is 70.9 Å². The standard InChI is InChI=1S/C12H19NO.C11H19NO.C2H6/c1-4-14-9-12-5-10(2)7-13(12)8-11(3)6-12;1-3-13-9-11-5-4-6-12(11)8-10(2)7-11;1-2/h2-9H2,1H3;2-9H2,1H3;1-2H3. The van der Waals surface area contributed by atoms with Gasteiger partial charge < -0.3 is 9.47 Å². The maximum atomic E-state index is 5.59. The van der Waals surface area contributed by atoms with Crippen LogP contribution in [0.3, 0.4) is 0 Å². The molecule has 0 radical (unpaired) electrons. The Morgan fingerprint density at radius 3 is 1.72 bits per heavy atom. The van der Waals surface area contributed by atoms with Gasteiger partial charge in [-0.2, -0.15) is 0 Å². The average molecular weight is 405 g/mol. The summed E-state index contributed by atoms with van der Waals surface area (Å²) in [6, 6.07) is 0. The van der Waals surface area contributed by atoms with Gasteiger partial charge in [0, 0.05) is 38.4 Å². The molecule has 4 aliphatic heterocycles. The van der Waals surface area contributed by atoms with Gasteiger partial charge in [0.05, 0.1) is 18.8 Å². The molecule has 4 fully saturated rings. The SMILES string of the molecule is C=C1CN2CC(=C)CC2(COCC)C1.C=C1CN2CCCC2(COCC)C1.CC. The van der Waals surface area contributed by atoms with Gasteiger partial charge in [-0.1, -0.05) is 50.3 Å². The Hall–Kier alpha value is -0.940. The summed E-state index contributed by atoms with van der Waals surface area (Å²) in [6.07, 6.45) is 5.97. The van der Waals surface area contributed by atoms with Crippen LogP contribution in [0.2, 0.25) is 0 Å². The van der Waals surface area contributed by atoms with Crippen LogP contribution in [-0.4, -0.2) is 73.5 Å². The quantitative estimate of drug-likeness (QED) is 0.592. The van der Waals surface area contributed by atoms with Crippen molar-refractivity contribution in [3.63, 3.8) is 0 Å². The Morgan fingerprint density at radius 1 is 0.759 bits per heavy atom. The van der Waals surface area contributed by atoms with Gasteiger partial charge in [-0.15, -0.1) is 0 Å². The number of ether oxygens (including phenoxy) is 2. The molecule has 0 saturated carbocycles. The Bertz CT molecular complexity index is 565. The second-order valence-corrected chi connectivity index (χ2v) is 8.88. The van der Waals surface area contributed by atoms with Crippen LogP contribution >= 0.6 is 0 Å². The topological polar surface area (TPSA) is 24.9 Å². The Kier molecular flexibility index (Phi) is 9.15. The molecule has 29 heavy (non-hydrogen) atoms. The van der Waals surface area contributed by atoms with E-state index < -0.39 is 0 Å². The summed E-state index contributed by atoms with van der Waals surface area (Å²) in [7, 11) is 0. The predicted molar refractivity (Wildman–Crippen MR) is 123 cm³/mol. The van der Waals surface area contributed by atoms with Gasteiger partial charge in [0.25, 0.3) is 0 Å². The second kappa shape index (κ2) is 10.9. The molecule has 166 valence electrons. The van der Waals surface area contributed by atoms with Crippen LogP contribution in [0.15, 0.2) is 36.5 Å². The maximum Gasteiger partial charge on any atom is 0.0656 e. The fourth-order valence-electron chi connectivity index (χ4n) is 5.48. The van der Waals surface area contributed by atoms with Crippen LogP contribution in [0.5, 0.6) is 0 Å². The molecular formula is C25H44N2O2. The number of hydrogen-bond donors (Lipinski definition) is 0. The molecule has 4 heterocycles. The first-order valence-corrected chi connectivity index (χ1v) is 11.6. The Labute approximate surface area is 179 Å². The van der Waals surface area contributed by atoms with E-state index in [1.165, 1.54) is 36.1 Å². The molecule has 0 aromatic carbocycles. The highest BCUT2D eigenvalue weighted by Gasteiger charge is 2.47. The lowest BCUT2D eigenvalue weighted by Crippen LogP contribution is -2.42. The first kappa shape index (κ1) is 24.3. The first-order chi connectivity index (χ1) is 13.9. The fourth-order valence-corrected chi connectivity index (χ4v) is 5.48. The van der Waals surface area contributed by atoms with Gasteiger partial charge in [-0.05, 0) is 52.5 Å². The van der Waals surface area contributed by atoms with Crippen LogP contribution in [-0.2, 0) is 9.47 Å². The number of hydrogen-bond acceptors (Lipinski definition) is 4. The molecule has 1 atom stereocenters. The molecule has 0 aromatic rings. The van der Waals surface area contributed by atoms with Crippen molar-refractivity contribution in [2.24, 2.45) is 0 Å². The summed E-state index contributed by atoms with van der Waals surface area (Å²) in [6.45, 7) is 28.2. The van der Waals surface area contributed by atoms with E-state index in [0.717, 1.165) is 65.3 Å². The molecule has 0 amide bonds. The van der Waals surface area contributed by atoms with E-state index in [0.29, 0.717) is 5.54 Å². The van der Waals surface area contributed by atoms with Crippen molar-refractivity contribution < 1.29 is 9.47 Å². The molecule has 0 bridgehead atoms. The van der Waals surface area contributed by atoms with Crippen LogP contribution in [0.4, 0.5) is 0 Å². The lowest BCUT2D eigenvalue weighted by atomic mass is 9.92.